The van der Waals surface area contributed by atoms with Crippen LogP contribution in [0.2, 0.25) is 0 Å². The molecule has 0 saturated carbocycles. The minimum atomic E-state index is -0.705. The van der Waals surface area contributed by atoms with Crippen molar-refractivity contribution >= 4 is 14.6 Å². The highest BCUT2D eigenvalue weighted by atomic mass is 16.8. The van der Waals surface area contributed by atoms with Gasteiger partial charge in [0.25, 0.3) is 0 Å². The average molecular weight is 232 g/mol. The van der Waals surface area contributed by atoms with Crippen LogP contribution in [0, 0.1) is 0 Å². The van der Waals surface area contributed by atoms with Crippen molar-refractivity contribution in [3.63, 3.8) is 0 Å². The molecule has 0 radical (unpaired) electrons. The fraction of sp³-hybridized carbons (Fsp3) is 1.00. The molecule has 0 atom stereocenters. The highest BCUT2D eigenvalue weighted by Gasteiger charge is 2.26. The van der Waals surface area contributed by atoms with Crippen molar-refractivity contribution in [2.45, 2.75) is 19.8 Å². The Morgan fingerprint density at radius 3 is 2.62 bits per heavy atom. The Balaban J connectivity index is 2.02. The van der Waals surface area contributed by atoms with Crippen LogP contribution < -0.4 is 0 Å². The Kier molecular flexibility index (Phi) is 7.83. The zero-order valence-corrected chi connectivity index (χ0v) is 9.85. The molecule has 0 aliphatic carbocycles. The molecule has 0 N–H and O–H groups in total. The second kappa shape index (κ2) is 8.98. The molecule has 6 nitrogen and oxygen atoms in total. The van der Waals surface area contributed by atoms with E-state index in [1.165, 1.54) is 7.11 Å². The summed E-state index contributed by atoms with van der Waals surface area (Å²) in [6, 6.07) is 0. The van der Waals surface area contributed by atoms with Crippen molar-refractivity contribution in [3.05, 3.63) is 0 Å². The Morgan fingerprint density at radius 1 is 1.25 bits per heavy atom. The molecule has 0 aromatic heterocycles. The lowest BCUT2D eigenvalue weighted by Gasteiger charge is -2.19. The molecule has 16 heavy (non-hydrogen) atoms. The molecule has 0 bridgehead atoms. The Labute approximate surface area is 96.8 Å². The SMILES string of the molecule is CCCOB(OC)OCOB1OCCCO1. The Bertz CT molecular complexity index is 167. The number of hydrogen-bond donors (Lipinski definition) is 0. The molecular formula is C8H18B2O6. The van der Waals surface area contributed by atoms with Crippen molar-refractivity contribution in [2.24, 2.45) is 0 Å². The van der Waals surface area contributed by atoms with E-state index in [0.717, 1.165) is 12.8 Å². The van der Waals surface area contributed by atoms with Crippen molar-refractivity contribution < 1.29 is 27.9 Å². The summed E-state index contributed by atoms with van der Waals surface area (Å²) in [6.45, 7) is 3.88. The van der Waals surface area contributed by atoms with Crippen LogP contribution in [0.1, 0.15) is 19.8 Å². The van der Waals surface area contributed by atoms with Gasteiger partial charge in [0, 0.05) is 26.9 Å². The molecule has 1 fully saturated rings. The van der Waals surface area contributed by atoms with E-state index in [1.54, 1.807) is 0 Å². The van der Waals surface area contributed by atoms with Gasteiger partial charge in [-0.2, -0.15) is 0 Å². The first-order chi connectivity index (χ1) is 7.86. The van der Waals surface area contributed by atoms with Crippen LogP contribution in [0.5, 0.6) is 0 Å². The van der Waals surface area contributed by atoms with Crippen LogP contribution in [0.3, 0.4) is 0 Å². The van der Waals surface area contributed by atoms with Gasteiger partial charge in [-0.25, -0.2) is 0 Å². The number of hydrogen-bond acceptors (Lipinski definition) is 6. The maximum Gasteiger partial charge on any atom is 0.641 e. The third-order valence-corrected chi connectivity index (χ3v) is 1.86. The topological polar surface area (TPSA) is 55.4 Å². The van der Waals surface area contributed by atoms with Crippen molar-refractivity contribution in [2.75, 3.05) is 33.7 Å². The van der Waals surface area contributed by atoms with Crippen LogP contribution in [0.25, 0.3) is 0 Å². The summed E-state index contributed by atoms with van der Waals surface area (Å²) >= 11 is 0. The second-order valence-corrected chi connectivity index (χ2v) is 3.23. The normalized spacial score (nSPS) is 16.5. The molecule has 0 aromatic carbocycles. The molecule has 1 saturated heterocycles. The Morgan fingerprint density at radius 2 is 2.00 bits per heavy atom. The second-order valence-electron chi connectivity index (χ2n) is 3.23. The number of rotatable bonds is 8. The van der Waals surface area contributed by atoms with Gasteiger partial charge in [-0.05, 0) is 12.8 Å². The first-order valence-electron chi connectivity index (χ1n) is 5.47. The summed E-state index contributed by atoms with van der Waals surface area (Å²) in [7, 11) is 0.162. The lowest BCUT2D eigenvalue weighted by molar-refractivity contribution is -0.0153. The smallest absolute Gasteiger partial charge is 0.389 e. The van der Waals surface area contributed by atoms with Crippen molar-refractivity contribution in [3.8, 4) is 0 Å². The molecule has 1 aliphatic heterocycles. The van der Waals surface area contributed by atoms with E-state index in [9.17, 15) is 0 Å². The third kappa shape index (κ3) is 5.83. The minimum absolute atomic E-state index is 0.00683. The van der Waals surface area contributed by atoms with Gasteiger partial charge < -0.3 is 27.9 Å². The highest BCUT2D eigenvalue weighted by Crippen LogP contribution is 2.02. The lowest BCUT2D eigenvalue weighted by atomic mass is 10.2. The van der Waals surface area contributed by atoms with Crippen molar-refractivity contribution in [1.29, 1.82) is 0 Å². The van der Waals surface area contributed by atoms with Gasteiger partial charge in [-0.3, -0.25) is 0 Å². The van der Waals surface area contributed by atoms with E-state index < -0.39 is 14.6 Å². The summed E-state index contributed by atoms with van der Waals surface area (Å²) in [6.07, 6.45) is 1.79. The van der Waals surface area contributed by atoms with Gasteiger partial charge in [0.05, 0.1) is 0 Å². The fourth-order valence-corrected chi connectivity index (χ4v) is 1.11. The molecular weight excluding hydrogens is 214 g/mol. The first kappa shape index (κ1) is 14.0. The van der Waals surface area contributed by atoms with Crippen LogP contribution in [-0.2, 0) is 27.9 Å². The van der Waals surface area contributed by atoms with Gasteiger partial charge in [-0.1, -0.05) is 6.92 Å². The summed E-state index contributed by atoms with van der Waals surface area (Å²) in [5.41, 5.74) is 0. The molecule has 1 heterocycles. The van der Waals surface area contributed by atoms with Crippen LogP contribution in [0.4, 0.5) is 0 Å². The van der Waals surface area contributed by atoms with Gasteiger partial charge in [-0.15, -0.1) is 0 Å². The molecule has 0 spiro atoms. The Hall–Kier alpha value is -0.110. The van der Waals surface area contributed by atoms with Crippen LogP contribution in [0.15, 0.2) is 0 Å². The van der Waals surface area contributed by atoms with Gasteiger partial charge in [0.1, 0.15) is 6.79 Å². The largest absolute Gasteiger partial charge is 0.641 e. The molecule has 0 unspecified atom stereocenters. The minimum Gasteiger partial charge on any atom is -0.389 e. The van der Waals surface area contributed by atoms with Crippen LogP contribution >= 0.6 is 0 Å². The maximum atomic E-state index is 5.22. The first-order valence-corrected chi connectivity index (χ1v) is 5.47. The predicted molar refractivity (Wildman–Crippen MR) is 58.3 cm³/mol. The van der Waals surface area contributed by atoms with E-state index in [1.807, 2.05) is 6.92 Å². The quantitative estimate of drug-likeness (QED) is 0.447. The van der Waals surface area contributed by atoms with E-state index in [0.29, 0.717) is 19.8 Å². The standard InChI is InChI=1S/C8H18B2O6/c1-3-5-12-9(11-2)15-8-16-10-13-6-4-7-14-10/h3-8H2,1-2H3. The van der Waals surface area contributed by atoms with Gasteiger partial charge >= 0.3 is 14.6 Å². The van der Waals surface area contributed by atoms with Gasteiger partial charge in [0.2, 0.25) is 0 Å². The molecule has 0 amide bonds. The summed E-state index contributed by atoms with van der Waals surface area (Å²) in [4.78, 5) is 0. The van der Waals surface area contributed by atoms with E-state index in [2.05, 4.69) is 0 Å². The highest BCUT2D eigenvalue weighted by molar-refractivity contribution is 6.37. The lowest BCUT2D eigenvalue weighted by Crippen LogP contribution is -2.35. The fourth-order valence-electron chi connectivity index (χ4n) is 1.11. The van der Waals surface area contributed by atoms with Crippen molar-refractivity contribution in [1.82, 2.24) is 0 Å². The zero-order valence-electron chi connectivity index (χ0n) is 9.85. The average Bonchev–Trinajstić information content (AvgIpc) is 2.35. The predicted octanol–water partition coefficient (Wildman–Crippen LogP) is 0.457. The summed E-state index contributed by atoms with van der Waals surface area (Å²) in [5.74, 6) is 0. The van der Waals surface area contributed by atoms with Crippen LogP contribution in [-0.4, -0.2) is 48.4 Å². The monoisotopic (exact) mass is 232 g/mol. The molecule has 0 aromatic rings. The van der Waals surface area contributed by atoms with E-state index in [-0.39, 0.29) is 6.79 Å². The van der Waals surface area contributed by atoms with Gasteiger partial charge in [0.15, 0.2) is 0 Å². The molecule has 1 aliphatic rings. The zero-order chi connectivity index (χ0) is 11.6. The molecule has 92 valence electrons. The third-order valence-electron chi connectivity index (χ3n) is 1.86. The maximum absolute atomic E-state index is 5.22. The molecule has 8 heteroatoms. The van der Waals surface area contributed by atoms with E-state index in [4.69, 9.17) is 27.9 Å². The molecule has 1 rings (SSSR count). The summed E-state index contributed by atoms with van der Waals surface area (Å²) < 4.78 is 30.8. The summed E-state index contributed by atoms with van der Waals surface area (Å²) in [5, 5.41) is 0. The van der Waals surface area contributed by atoms with E-state index >= 15 is 0 Å².